The van der Waals surface area contributed by atoms with Gasteiger partial charge in [-0.2, -0.15) is 0 Å². The van der Waals surface area contributed by atoms with Crippen LogP contribution >= 0.6 is 0 Å². The van der Waals surface area contributed by atoms with E-state index < -0.39 is 0 Å². The van der Waals surface area contributed by atoms with Gasteiger partial charge in [-0.15, -0.1) is 6.58 Å². The van der Waals surface area contributed by atoms with Crippen molar-refractivity contribution in [3.63, 3.8) is 0 Å². The van der Waals surface area contributed by atoms with E-state index in [1.165, 1.54) is 5.57 Å². The maximum Gasteiger partial charge on any atom is 0.128 e. The Morgan fingerprint density at radius 1 is 1.59 bits per heavy atom. The summed E-state index contributed by atoms with van der Waals surface area (Å²) in [5, 5.41) is 3.51. The number of nitrogens with zero attached hydrogens (tertiary/aromatic N) is 1. The molecule has 0 bridgehead atoms. The standard InChI is InChI=1S/C14H18N2O/c1-2-8-16-9-7-15-14(10-16)13-5-3-12(11-17)4-6-13/h2-3,5-6,14-15H,1,4,7-10H2. The second kappa shape index (κ2) is 5.78. The molecule has 2 rings (SSSR count). The first-order valence-electron chi connectivity index (χ1n) is 6.02. The molecule has 1 saturated heterocycles. The molecule has 90 valence electrons. The van der Waals surface area contributed by atoms with Crippen LogP contribution in [0.15, 0.2) is 42.0 Å². The summed E-state index contributed by atoms with van der Waals surface area (Å²) in [6.45, 7) is 7.79. The van der Waals surface area contributed by atoms with Crippen LogP contribution in [0, 0.1) is 0 Å². The van der Waals surface area contributed by atoms with E-state index in [9.17, 15) is 4.79 Å². The Balaban J connectivity index is 1.99. The molecule has 0 aromatic rings. The van der Waals surface area contributed by atoms with Crippen LogP contribution in [0.4, 0.5) is 0 Å². The molecule has 0 amide bonds. The molecule has 3 nitrogen and oxygen atoms in total. The minimum absolute atomic E-state index is 0.369. The average molecular weight is 230 g/mol. The second-order valence-electron chi connectivity index (χ2n) is 4.42. The van der Waals surface area contributed by atoms with Crippen molar-refractivity contribution in [2.75, 3.05) is 26.2 Å². The van der Waals surface area contributed by atoms with Crippen molar-refractivity contribution in [3.05, 3.63) is 42.0 Å². The number of carbonyl (C=O) groups excluding carboxylic acids is 1. The largest absolute Gasteiger partial charge is 0.308 e. The summed E-state index contributed by atoms with van der Waals surface area (Å²) in [5.41, 5.74) is 2.00. The van der Waals surface area contributed by atoms with Gasteiger partial charge in [-0.25, -0.2) is 4.79 Å². The van der Waals surface area contributed by atoms with E-state index in [0.717, 1.165) is 31.8 Å². The molecular weight excluding hydrogens is 212 g/mol. The van der Waals surface area contributed by atoms with Gasteiger partial charge < -0.3 is 5.32 Å². The summed E-state index contributed by atoms with van der Waals surface area (Å²) < 4.78 is 0. The highest BCUT2D eigenvalue weighted by atomic mass is 16.1. The topological polar surface area (TPSA) is 32.3 Å². The van der Waals surface area contributed by atoms with Crippen molar-refractivity contribution in [1.82, 2.24) is 10.2 Å². The molecule has 0 radical (unpaired) electrons. The van der Waals surface area contributed by atoms with Crippen molar-refractivity contribution in [1.29, 1.82) is 0 Å². The molecule has 1 aliphatic carbocycles. The molecule has 0 saturated carbocycles. The van der Waals surface area contributed by atoms with Crippen LogP contribution in [0.25, 0.3) is 0 Å². The van der Waals surface area contributed by atoms with Gasteiger partial charge in [0.2, 0.25) is 0 Å². The van der Waals surface area contributed by atoms with E-state index in [-0.39, 0.29) is 0 Å². The minimum Gasteiger partial charge on any atom is -0.308 e. The van der Waals surface area contributed by atoms with E-state index in [2.05, 4.69) is 22.9 Å². The van der Waals surface area contributed by atoms with Gasteiger partial charge in [-0.3, -0.25) is 4.90 Å². The molecule has 1 atom stereocenters. The van der Waals surface area contributed by atoms with E-state index in [1.807, 2.05) is 24.2 Å². The van der Waals surface area contributed by atoms with E-state index >= 15 is 0 Å². The number of rotatable bonds is 3. The summed E-state index contributed by atoms with van der Waals surface area (Å²) in [6, 6.07) is 0.369. The first-order chi connectivity index (χ1) is 8.33. The van der Waals surface area contributed by atoms with Gasteiger partial charge in [0.25, 0.3) is 0 Å². The quantitative estimate of drug-likeness (QED) is 0.582. The fourth-order valence-corrected chi connectivity index (χ4v) is 2.28. The van der Waals surface area contributed by atoms with Crippen molar-refractivity contribution in [2.45, 2.75) is 12.5 Å². The highest BCUT2D eigenvalue weighted by Crippen LogP contribution is 2.18. The smallest absolute Gasteiger partial charge is 0.128 e. The molecule has 0 aromatic heterocycles. The van der Waals surface area contributed by atoms with Gasteiger partial charge in [0, 0.05) is 44.2 Å². The number of allylic oxidation sites excluding steroid dienone is 3. The predicted octanol–water partition coefficient (Wildman–Crippen LogP) is 1.09. The summed E-state index contributed by atoms with van der Waals surface area (Å²) in [6.07, 6.45) is 8.67. The molecule has 17 heavy (non-hydrogen) atoms. The van der Waals surface area contributed by atoms with Crippen LogP contribution in [0.5, 0.6) is 0 Å². The summed E-state index contributed by atoms with van der Waals surface area (Å²) in [5.74, 6) is 1.95. The zero-order chi connectivity index (χ0) is 12.1. The van der Waals surface area contributed by atoms with Gasteiger partial charge in [0.15, 0.2) is 0 Å². The Kier molecular flexibility index (Phi) is 4.10. The van der Waals surface area contributed by atoms with Crippen LogP contribution in [0.3, 0.4) is 0 Å². The monoisotopic (exact) mass is 230 g/mol. The number of hydrogen-bond acceptors (Lipinski definition) is 3. The van der Waals surface area contributed by atoms with Gasteiger partial charge in [-0.1, -0.05) is 18.2 Å². The van der Waals surface area contributed by atoms with E-state index in [0.29, 0.717) is 12.5 Å². The Morgan fingerprint density at radius 2 is 2.47 bits per heavy atom. The normalized spacial score (nSPS) is 25.3. The molecule has 1 N–H and O–H groups in total. The molecule has 0 spiro atoms. The Hall–Kier alpha value is -1.41. The summed E-state index contributed by atoms with van der Waals surface area (Å²) in [4.78, 5) is 12.9. The molecule has 3 heteroatoms. The highest BCUT2D eigenvalue weighted by molar-refractivity contribution is 5.60. The summed E-state index contributed by atoms with van der Waals surface area (Å²) >= 11 is 0. The third kappa shape index (κ3) is 3.04. The fourth-order valence-electron chi connectivity index (χ4n) is 2.28. The molecular formula is C14H18N2O. The second-order valence-corrected chi connectivity index (χ2v) is 4.42. The van der Waals surface area contributed by atoms with E-state index in [4.69, 9.17) is 0 Å². The maximum atomic E-state index is 10.5. The zero-order valence-corrected chi connectivity index (χ0v) is 9.98. The lowest BCUT2D eigenvalue weighted by Gasteiger charge is -2.34. The van der Waals surface area contributed by atoms with Crippen molar-refractivity contribution >= 4 is 5.94 Å². The maximum absolute atomic E-state index is 10.5. The van der Waals surface area contributed by atoms with Gasteiger partial charge in [-0.05, 0) is 11.6 Å². The molecule has 1 fully saturated rings. The van der Waals surface area contributed by atoms with Gasteiger partial charge >= 0.3 is 0 Å². The van der Waals surface area contributed by atoms with Crippen LogP contribution in [0.2, 0.25) is 0 Å². The first kappa shape index (κ1) is 12.1. The Morgan fingerprint density at radius 3 is 3.12 bits per heavy atom. The molecule has 1 unspecified atom stereocenters. The average Bonchev–Trinajstić information content (AvgIpc) is 2.40. The van der Waals surface area contributed by atoms with Gasteiger partial charge in [0.05, 0.1) is 0 Å². The van der Waals surface area contributed by atoms with Gasteiger partial charge in [0.1, 0.15) is 5.94 Å². The SMILES string of the molecule is C=CCN1CCNC(C2=CCC(=C=O)C=C2)C1. The molecule has 1 heterocycles. The molecule has 1 aliphatic heterocycles. The van der Waals surface area contributed by atoms with Crippen LogP contribution < -0.4 is 5.32 Å². The molecule has 2 aliphatic rings. The summed E-state index contributed by atoms with van der Waals surface area (Å²) in [7, 11) is 0. The number of hydrogen-bond donors (Lipinski definition) is 1. The van der Waals surface area contributed by atoms with Crippen LogP contribution in [0.1, 0.15) is 6.42 Å². The van der Waals surface area contributed by atoms with E-state index in [1.54, 1.807) is 0 Å². The highest BCUT2D eigenvalue weighted by Gasteiger charge is 2.21. The minimum atomic E-state index is 0.369. The molecule has 0 aromatic carbocycles. The number of piperazine rings is 1. The Labute approximate surface area is 102 Å². The third-order valence-electron chi connectivity index (χ3n) is 3.21. The third-order valence-corrected chi connectivity index (χ3v) is 3.21. The van der Waals surface area contributed by atoms with Crippen molar-refractivity contribution in [2.24, 2.45) is 0 Å². The lowest BCUT2D eigenvalue weighted by atomic mass is 9.96. The lowest BCUT2D eigenvalue weighted by molar-refractivity contribution is 0.234. The predicted molar refractivity (Wildman–Crippen MR) is 69.5 cm³/mol. The Bertz CT molecular complexity index is 402. The lowest BCUT2D eigenvalue weighted by Crippen LogP contribution is -2.51. The number of nitrogens with one attached hydrogen (secondary N) is 1. The zero-order valence-electron chi connectivity index (χ0n) is 9.98. The van der Waals surface area contributed by atoms with Crippen LogP contribution in [-0.2, 0) is 4.79 Å². The van der Waals surface area contributed by atoms with Crippen LogP contribution in [-0.4, -0.2) is 43.1 Å². The van der Waals surface area contributed by atoms with Crippen molar-refractivity contribution < 1.29 is 4.79 Å². The fraction of sp³-hybridized carbons (Fsp3) is 0.429. The van der Waals surface area contributed by atoms with Crippen molar-refractivity contribution in [3.8, 4) is 0 Å². The first-order valence-corrected chi connectivity index (χ1v) is 6.02.